The number of aromatic nitrogens is 3. The van der Waals surface area contributed by atoms with Crippen molar-refractivity contribution in [2.45, 2.75) is 6.92 Å². The third-order valence-corrected chi connectivity index (χ3v) is 1.97. The molecule has 0 aliphatic heterocycles. The molecule has 0 saturated heterocycles. The summed E-state index contributed by atoms with van der Waals surface area (Å²) in [4.78, 5) is 4.78. The second-order valence-corrected chi connectivity index (χ2v) is 2.78. The lowest BCUT2D eigenvalue weighted by Gasteiger charge is -1.80. The van der Waals surface area contributed by atoms with Gasteiger partial charge < -0.3 is 5.11 Å². The molecule has 4 nitrogen and oxygen atoms in total. The highest BCUT2D eigenvalue weighted by atomic mass is 32.1. The van der Waals surface area contributed by atoms with Crippen LogP contribution in [0.15, 0.2) is 5.38 Å². The highest BCUT2D eigenvalue weighted by Gasteiger charge is 2.04. The fourth-order valence-corrected chi connectivity index (χ4v) is 1.51. The van der Waals surface area contributed by atoms with Crippen molar-refractivity contribution in [3.05, 3.63) is 11.2 Å². The smallest absolute Gasteiger partial charge is 0.225 e. The van der Waals surface area contributed by atoms with Gasteiger partial charge in [0.05, 0.1) is 5.38 Å². The number of aryl methyl sites for hydroxylation is 1. The molecule has 0 spiro atoms. The Labute approximate surface area is 60.8 Å². The molecule has 2 rings (SSSR count). The van der Waals surface area contributed by atoms with E-state index in [2.05, 4.69) is 10.1 Å². The molecule has 2 aromatic rings. The van der Waals surface area contributed by atoms with Crippen LogP contribution in [0, 0.1) is 6.92 Å². The molecule has 0 aliphatic carbocycles. The number of thiazole rings is 1. The molecule has 10 heavy (non-hydrogen) atoms. The van der Waals surface area contributed by atoms with Crippen LogP contribution >= 0.6 is 11.3 Å². The Balaban J connectivity index is 2.90. The Bertz CT molecular complexity index is 364. The van der Waals surface area contributed by atoms with Gasteiger partial charge in [0.15, 0.2) is 0 Å². The van der Waals surface area contributed by atoms with E-state index in [0.29, 0.717) is 5.82 Å². The summed E-state index contributed by atoms with van der Waals surface area (Å²) in [7, 11) is 0. The number of fused-ring (bicyclic) bond motifs is 1. The van der Waals surface area contributed by atoms with Gasteiger partial charge >= 0.3 is 0 Å². The predicted octanol–water partition coefficient (Wildman–Crippen LogP) is 0.805. The highest BCUT2D eigenvalue weighted by Crippen LogP contribution is 2.18. The van der Waals surface area contributed by atoms with E-state index in [9.17, 15) is 0 Å². The van der Waals surface area contributed by atoms with Crippen LogP contribution in [-0.2, 0) is 0 Å². The van der Waals surface area contributed by atoms with Crippen molar-refractivity contribution >= 4 is 16.3 Å². The highest BCUT2D eigenvalue weighted by molar-refractivity contribution is 7.15. The van der Waals surface area contributed by atoms with Crippen molar-refractivity contribution in [2.75, 3.05) is 0 Å². The maximum atomic E-state index is 9.10. The van der Waals surface area contributed by atoms with E-state index in [0.717, 1.165) is 4.96 Å². The van der Waals surface area contributed by atoms with Crippen molar-refractivity contribution in [1.82, 2.24) is 14.6 Å². The molecule has 0 saturated carbocycles. The molecule has 0 fully saturated rings. The van der Waals surface area contributed by atoms with Crippen LogP contribution < -0.4 is 0 Å². The topological polar surface area (TPSA) is 50.4 Å². The zero-order valence-electron chi connectivity index (χ0n) is 5.27. The molecule has 0 atom stereocenters. The number of nitrogens with zero attached hydrogens (tertiary/aromatic N) is 3. The summed E-state index contributed by atoms with van der Waals surface area (Å²) in [5.74, 6) is 0.836. The van der Waals surface area contributed by atoms with Gasteiger partial charge in [-0.05, 0) is 6.92 Å². The van der Waals surface area contributed by atoms with E-state index in [1.54, 1.807) is 12.3 Å². The van der Waals surface area contributed by atoms with Gasteiger partial charge in [-0.2, -0.15) is 4.52 Å². The first-order valence-electron chi connectivity index (χ1n) is 2.77. The van der Waals surface area contributed by atoms with Gasteiger partial charge in [-0.3, -0.25) is 0 Å². The summed E-state index contributed by atoms with van der Waals surface area (Å²) >= 11 is 1.37. The van der Waals surface area contributed by atoms with Crippen molar-refractivity contribution in [3.8, 4) is 5.88 Å². The van der Waals surface area contributed by atoms with E-state index in [1.807, 2.05) is 0 Å². The summed E-state index contributed by atoms with van der Waals surface area (Å²) in [5, 5.41) is 14.6. The van der Waals surface area contributed by atoms with Crippen molar-refractivity contribution in [3.63, 3.8) is 0 Å². The summed E-state index contributed by atoms with van der Waals surface area (Å²) in [6.07, 6.45) is 0. The quantitative estimate of drug-likeness (QED) is 0.612. The minimum Gasteiger partial charge on any atom is -0.493 e. The number of hydrogen-bond donors (Lipinski definition) is 1. The van der Waals surface area contributed by atoms with E-state index in [4.69, 9.17) is 5.11 Å². The van der Waals surface area contributed by atoms with Gasteiger partial charge in [-0.15, -0.1) is 5.10 Å². The van der Waals surface area contributed by atoms with Crippen LogP contribution in [0.4, 0.5) is 0 Å². The zero-order valence-corrected chi connectivity index (χ0v) is 6.09. The molecule has 0 aromatic carbocycles. The molecule has 5 heteroatoms. The average molecular weight is 155 g/mol. The van der Waals surface area contributed by atoms with Crippen LogP contribution in [0.25, 0.3) is 4.96 Å². The molecule has 2 aromatic heterocycles. The van der Waals surface area contributed by atoms with Crippen molar-refractivity contribution in [2.24, 2.45) is 0 Å². The van der Waals surface area contributed by atoms with E-state index in [-0.39, 0.29) is 5.88 Å². The summed E-state index contributed by atoms with van der Waals surface area (Å²) in [6.45, 7) is 1.79. The van der Waals surface area contributed by atoms with E-state index >= 15 is 0 Å². The first-order chi connectivity index (χ1) is 4.77. The van der Waals surface area contributed by atoms with Crippen molar-refractivity contribution < 1.29 is 5.11 Å². The monoisotopic (exact) mass is 155 g/mol. The zero-order chi connectivity index (χ0) is 7.14. The number of hydrogen-bond acceptors (Lipinski definition) is 4. The second-order valence-electron chi connectivity index (χ2n) is 1.95. The Morgan fingerprint density at radius 3 is 3.20 bits per heavy atom. The third-order valence-electron chi connectivity index (χ3n) is 1.17. The summed E-state index contributed by atoms with van der Waals surface area (Å²) < 4.78 is 1.42. The standard InChI is InChI=1S/C5H5N3OS/c1-3-6-5-8(7-3)4(9)2-10-5/h2,9H,1H3. The third kappa shape index (κ3) is 0.607. The van der Waals surface area contributed by atoms with Crippen LogP contribution in [0.5, 0.6) is 5.88 Å². The fraction of sp³-hybridized carbons (Fsp3) is 0.200. The molecule has 0 bridgehead atoms. The molecule has 0 radical (unpaired) electrons. The van der Waals surface area contributed by atoms with Crippen LogP contribution in [-0.4, -0.2) is 19.7 Å². The molecule has 0 amide bonds. The van der Waals surface area contributed by atoms with E-state index in [1.165, 1.54) is 15.9 Å². The molecule has 1 N–H and O–H groups in total. The van der Waals surface area contributed by atoms with Gasteiger partial charge in [0.2, 0.25) is 10.8 Å². The Kier molecular flexibility index (Phi) is 0.960. The van der Waals surface area contributed by atoms with Crippen molar-refractivity contribution in [1.29, 1.82) is 0 Å². The Morgan fingerprint density at radius 2 is 2.50 bits per heavy atom. The summed E-state index contributed by atoms with van der Waals surface area (Å²) in [6, 6.07) is 0. The first-order valence-corrected chi connectivity index (χ1v) is 3.65. The van der Waals surface area contributed by atoms with Gasteiger partial charge in [0, 0.05) is 0 Å². The normalized spacial score (nSPS) is 10.9. The molecule has 52 valence electrons. The second kappa shape index (κ2) is 1.69. The molecule has 2 heterocycles. The van der Waals surface area contributed by atoms with Crippen LogP contribution in [0.2, 0.25) is 0 Å². The predicted molar refractivity (Wildman–Crippen MR) is 37.3 cm³/mol. The molecular weight excluding hydrogens is 150 g/mol. The number of rotatable bonds is 0. The maximum absolute atomic E-state index is 9.10. The lowest BCUT2D eigenvalue weighted by Crippen LogP contribution is -1.81. The molecule has 0 aliphatic rings. The molecular formula is C5H5N3OS. The largest absolute Gasteiger partial charge is 0.493 e. The van der Waals surface area contributed by atoms with Gasteiger partial charge in [-0.1, -0.05) is 11.3 Å². The van der Waals surface area contributed by atoms with Gasteiger partial charge in [0.25, 0.3) is 0 Å². The first kappa shape index (κ1) is 5.67. The van der Waals surface area contributed by atoms with Crippen LogP contribution in [0.3, 0.4) is 0 Å². The average Bonchev–Trinajstić information content (AvgIpc) is 2.35. The minimum absolute atomic E-state index is 0.153. The van der Waals surface area contributed by atoms with Crippen LogP contribution in [0.1, 0.15) is 5.82 Å². The number of aromatic hydroxyl groups is 1. The molecule has 0 unspecified atom stereocenters. The minimum atomic E-state index is 0.153. The lowest BCUT2D eigenvalue weighted by molar-refractivity contribution is 0.440. The Hall–Kier alpha value is -1.10. The van der Waals surface area contributed by atoms with Gasteiger partial charge in [0.1, 0.15) is 5.82 Å². The summed E-state index contributed by atoms with van der Waals surface area (Å²) in [5.41, 5.74) is 0. The fourth-order valence-electron chi connectivity index (χ4n) is 0.776. The SMILES string of the molecule is Cc1nc2scc(O)n2n1. The maximum Gasteiger partial charge on any atom is 0.225 e. The lowest BCUT2D eigenvalue weighted by atomic mass is 10.8. The van der Waals surface area contributed by atoms with E-state index < -0.39 is 0 Å². The van der Waals surface area contributed by atoms with Gasteiger partial charge in [-0.25, -0.2) is 4.98 Å². The Morgan fingerprint density at radius 1 is 1.70 bits per heavy atom.